The molecule has 0 bridgehead atoms. The summed E-state index contributed by atoms with van der Waals surface area (Å²) in [6.45, 7) is 2.23. The van der Waals surface area contributed by atoms with Gasteiger partial charge in [-0.25, -0.2) is 9.97 Å². The van der Waals surface area contributed by atoms with Crippen molar-refractivity contribution in [3.63, 3.8) is 0 Å². The van der Waals surface area contributed by atoms with Gasteiger partial charge in [0.25, 0.3) is 5.56 Å². The van der Waals surface area contributed by atoms with Gasteiger partial charge in [0.15, 0.2) is 0 Å². The molecule has 3 aromatic carbocycles. The van der Waals surface area contributed by atoms with Crippen molar-refractivity contribution in [2.75, 3.05) is 20.2 Å². The summed E-state index contributed by atoms with van der Waals surface area (Å²) in [6, 6.07) is 23.5. The zero-order chi connectivity index (χ0) is 38.1. The summed E-state index contributed by atoms with van der Waals surface area (Å²) in [4.78, 5) is 45.9. The molecule has 2 amide bonds. The Morgan fingerprint density at radius 2 is 1.42 bits per heavy atom. The number of carbonyl (C=O) groups is 2. The molecule has 11 nitrogen and oxygen atoms in total. The molecule has 4 N–H and O–H groups in total. The zero-order valence-corrected chi connectivity index (χ0v) is 31.6. The molecule has 2 atom stereocenters. The van der Waals surface area contributed by atoms with E-state index in [1.165, 1.54) is 4.40 Å². The standard InChI is InChI=1S/C42H39Cl2N7O4/c1-55-41-25(19-45-22-27-9-14-37(52)48-27)8-12-35-33(41)11-13-34(50-35)32-7-3-6-31(40(32)44)30-5-2-4-29(39(30)43)24-16-17-51-36(18-24)47-21-26(42(51)54)20-46-23-28-10-15-38(53)49-28/h2-8,11-13,16-18,21,27-28,45-46H,9-10,14-15,19-20,22-23H2,1H3,(H,48,52)(H,49,53)/t27-,28+/m1/s1. The minimum Gasteiger partial charge on any atom is -0.496 e. The Hall–Kier alpha value is -5.33. The van der Waals surface area contributed by atoms with Crippen LogP contribution in [0.1, 0.15) is 36.8 Å². The van der Waals surface area contributed by atoms with Crippen molar-refractivity contribution in [1.82, 2.24) is 35.6 Å². The third kappa shape index (κ3) is 7.53. The van der Waals surface area contributed by atoms with Crippen LogP contribution in [0, 0.1) is 0 Å². The minimum absolute atomic E-state index is 0.0610. The summed E-state index contributed by atoms with van der Waals surface area (Å²) in [7, 11) is 1.66. The summed E-state index contributed by atoms with van der Waals surface area (Å²) < 4.78 is 7.38. The van der Waals surface area contributed by atoms with Gasteiger partial charge in [0.1, 0.15) is 11.4 Å². The first-order chi connectivity index (χ1) is 26.8. The lowest BCUT2D eigenvalue weighted by molar-refractivity contribution is -0.120. The van der Waals surface area contributed by atoms with E-state index in [0.717, 1.165) is 62.9 Å². The van der Waals surface area contributed by atoms with Crippen molar-refractivity contribution in [3.8, 4) is 39.3 Å². The summed E-state index contributed by atoms with van der Waals surface area (Å²) in [5.74, 6) is 0.915. The molecule has 0 spiro atoms. The van der Waals surface area contributed by atoms with Gasteiger partial charge in [-0.2, -0.15) is 0 Å². The fraction of sp³-hybridized carbons (Fsp3) is 0.262. The Morgan fingerprint density at radius 1 is 0.782 bits per heavy atom. The first-order valence-corrected chi connectivity index (χ1v) is 19.1. The van der Waals surface area contributed by atoms with E-state index in [2.05, 4.69) is 26.3 Å². The Balaban J connectivity index is 1.03. The number of hydrogen-bond donors (Lipinski definition) is 4. The highest BCUT2D eigenvalue weighted by atomic mass is 35.5. The number of nitrogens with zero attached hydrogens (tertiary/aromatic N) is 3. The molecule has 2 saturated heterocycles. The number of amides is 2. The van der Waals surface area contributed by atoms with Gasteiger partial charge in [0, 0.05) is 102 Å². The lowest BCUT2D eigenvalue weighted by Gasteiger charge is -2.16. The normalized spacial score (nSPS) is 16.9. The number of methoxy groups -OCH3 is 1. The van der Waals surface area contributed by atoms with Gasteiger partial charge in [-0.15, -0.1) is 0 Å². The molecular formula is C42H39Cl2N7O4. The van der Waals surface area contributed by atoms with Gasteiger partial charge in [-0.05, 0) is 48.7 Å². The molecule has 0 saturated carbocycles. The van der Waals surface area contributed by atoms with Gasteiger partial charge >= 0.3 is 0 Å². The van der Waals surface area contributed by atoms with E-state index >= 15 is 0 Å². The molecule has 0 aliphatic carbocycles. The van der Waals surface area contributed by atoms with E-state index < -0.39 is 0 Å². The van der Waals surface area contributed by atoms with Crippen molar-refractivity contribution in [1.29, 1.82) is 0 Å². The number of hydrogen-bond acceptors (Lipinski definition) is 8. The van der Waals surface area contributed by atoms with Crippen molar-refractivity contribution in [3.05, 3.63) is 117 Å². The van der Waals surface area contributed by atoms with Gasteiger partial charge in [-0.1, -0.05) is 65.7 Å². The first-order valence-electron chi connectivity index (χ1n) is 18.3. The van der Waals surface area contributed by atoms with E-state index in [1.807, 2.05) is 72.8 Å². The highest BCUT2D eigenvalue weighted by molar-refractivity contribution is 6.39. The number of ether oxygens (including phenoxy) is 1. The predicted octanol–water partition coefficient (Wildman–Crippen LogP) is 6.30. The average molecular weight is 777 g/mol. The molecule has 0 radical (unpaired) electrons. The van der Waals surface area contributed by atoms with Gasteiger partial charge in [0.2, 0.25) is 11.8 Å². The maximum atomic E-state index is 13.3. The predicted molar refractivity (Wildman–Crippen MR) is 215 cm³/mol. The molecule has 6 aromatic rings. The van der Waals surface area contributed by atoms with Crippen LogP contribution in [0.5, 0.6) is 5.75 Å². The van der Waals surface area contributed by atoms with E-state index in [0.29, 0.717) is 66.0 Å². The van der Waals surface area contributed by atoms with Crippen LogP contribution in [0.25, 0.3) is 50.1 Å². The van der Waals surface area contributed by atoms with Crippen LogP contribution in [0.15, 0.2) is 90.0 Å². The topological polar surface area (TPSA) is 139 Å². The average Bonchev–Trinajstić information content (AvgIpc) is 3.82. The molecule has 13 heteroatoms. The second-order valence-electron chi connectivity index (χ2n) is 14.0. The lowest BCUT2D eigenvalue weighted by Crippen LogP contribution is -2.36. The van der Waals surface area contributed by atoms with Crippen LogP contribution in [0.2, 0.25) is 10.0 Å². The summed E-state index contributed by atoms with van der Waals surface area (Å²) in [5.41, 5.74) is 7.22. The second-order valence-corrected chi connectivity index (χ2v) is 14.7. The Morgan fingerprint density at radius 3 is 2.07 bits per heavy atom. The molecule has 3 aromatic heterocycles. The van der Waals surface area contributed by atoms with Gasteiger partial charge in [0.05, 0.1) is 28.4 Å². The maximum absolute atomic E-state index is 13.3. The third-order valence-electron chi connectivity index (χ3n) is 10.3. The van der Waals surface area contributed by atoms with E-state index in [-0.39, 0.29) is 29.5 Å². The van der Waals surface area contributed by atoms with Crippen LogP contribution in [-0.2, 0) is 22.7 Å². The van der Waals surface area contributed by atoms with E-state index in [4.69, 9.17) is 32.9 Å². The first kappa shape index (κ1) is 36.6. The Labute approximate surface area is 327 Å². The van der Waals surface area contributed by atoms with E-state index in [9.17, 15) is 14.4 Å². The highest BCUT2D eigenvalue weighted by Gasteiger charge is 2.22. The van der Waals surface area contributed by atoms with Gasteiger partial charge < -0.3 is 26.0 Å². The fourth-order valence-electron chi connectivity index (χ4n) is 7.48. The number of pyridine rings is 2. The molecule has 2 fully saturated rings. The van der Waals surface area contributed by atoms with Crippen molar-refractivity contribution >= 4 is 51.6 Å². The summed E-state index contributed by atoms with van der Waals surface area (Å²) >= 11 is 14.3. The number of fused-ring (bicyclic) bond motifs is 2. The number of benzene rings is 3. The molecule has 8 rings (SSSR count). The fourth-order valence-corrected chi connectivity index (χ4v) is 8.14. The van der Waals surface area contributed by atoms with Crippen molar-refractivity contribution < 1.29 is 14.3 Å². The van der Waals surface area contributed by atoms with Crippen LogP contribution < -0.4 is 31.6 Å². The smallest absolute Gasteiger partial charge is 0.262 e. The SMILES string of the molecule is COc1c(CNC[C@H]2CCC(=O)N2)ccc2nc(-c3cccc(-c4cccc(-c5ccn6c(=O)c(CNC[C@@H]7CCC(=O)N7)cnc6c5)c4Cl)c3Cl)ccc12. The largest absolute Gasteiger partial charge is 0.496 e. The van der Waals surface area contributed by atoms with Crippen LogP contribution in [0.4, 0.5) is 0 Å². The molecule has 55 heavy (non-hydrogen) atoms. The van der Waals surface area contributed by atoms with Gasteiger partial charge in [-0.3, -0.25) is 18.8 Å². The number of rotatable bonds is 12. The van der Waals surface area contributed by atoms with Crippen LogP contribution in [0.3, 0.4) is 0 Å². The third-order valence-corrected chi connectivity index (χ3v) is 11.2. The highest BCUT2D eigenvalue weighted by Crippen LogP contribution is 2.42. The lowest BCUT2D eigenvalue weighted by atomic mass is 9.97. The number of nitrogens with one attached hydrogen (secondary N) is 4. The zero-order valence-electron chi connectivity index (χ0n) is 30.1. The van der Waals surface area contributed by atoms with E-state index in [1.54, 1.807) is 19.5 Å². The number of halogens is 2. The summed E-state index contributed by atoms with van der Waals surface area (Å²) in [5, 5.41) is 14.5. The summed E-state index contributed by atoms with van der Waals surface area (Å²) in [6.07, 6.45) is 6.05. The second kappa shape index (κ2) is 15.8. The molecular weight excluding hydrogens is 737 g/mol. The maximum Gasteiger partial charge on any atom is 0.262 e. The van der Waals surface area contributed by atoms with Crippen molar-refractivity contribution in [2.45, 2.75) is 50.9 Å². The Bertz CT molecular complexity index is 2520. The number of carbonyl (C=O) groups excluding carboxylic acids is 2. The molecule has 2 aliphatic heterocycles. The monoisotopic (exact) mass is 775 g/mol. The molecule has 0 unspecified atom stereocenters. The number of aromatic nitrogens is 3. The van der Waals surface area contributed by atoms with Crippen LogP contribution in [-0.4, -0.2) is 58.5 Å². The molecule has 2 aliphatic rings. The molecule has 5 heterocycles. The quantitative estimate of drug-likeness (QED) is 0.114. The molecule has 280 valence electrons. The Kier molecular flexibility index (Phi) is 10.5. The van der Waals surface area contributed by atoms with Crippen LogP contribution >= 0.6 is 23.2 Å². The van der Waals surface area contributed by atoms with Crippen molar-refractivity contribution in [2.24, 2.45) is 0 Å². The minimum atomic E-state index is -0.159.